The fourth-order valence-electron chi connectivity index (χ4n) is 2.27. The van der Waals surface area contributed by atoms with Crippen LogP contribution in [0.1, 0.15) is 33.1 Å². The predicted molar refractivity (Wildman–Crippen MR) is 66.1 cm³/mol. The van der Waals surface area contributed by atoms with Gasteiger partial charge < -0.3 is 16.0 Å². The van der Waals surface area contributed by atoms with Gasteiger partial charge in [0.05, 0.1) is 0 Å². The summed E-state index contributed by atoms with van der Waals surface area (Å²) >= 11 is 0. The van der Waals surface area contributed by atoms with Gasteiger partial charge in [-0.05, 0) is 25.3 Å². The molecule has 1 aliphatic rings. The molecule has 3 N–H and O–H groups in total. The van der Waals surface area contributed by atoms with E-state index < -0.39 is 0 Å². The highest BCUT2D eigenvalue weighted by molar-refractivity contribution is 5.73. The highest BCUT2D eigenvalue weighted by atomic mass is 16.1. The lowest BCUT2D eigenvalue weighted by Crippen LogP contribution is -2.40. The second kappa shape index (κ2) is 6.86. The summed E-state index contributed by atoms with van der Waals surface area (Å²) in [5.74, 6) is 0.433. The maximum absolute atomic E-state index is 10.8. The zero-order chi connectivity index (χ0) is 12.0. The molecule has 0 bridgehead atoms. The lowest BCUT2D eigenvalue weighted by atomic mass is 10.1. The first-order valence-electron chi connectivity index (χ1n) is 6.32. The van der Waals surface area contributed by atoms with Crippen LogP contribution in [0.3, 0.4) is 0 Å². The minimum absolute atomic E-state index is 0.201. The summed E-state index contributed by atoms with van der Waals surface area (Å²) in [6.45, 7) is 8.44. The second-order valence-electron chi connectivity index (χ2n) is 5.16. The second-order valence-corrected chi connectivity index (χ2v) is 5.16. The summed E-state index contributed by atoms with van der Waals surface area (Å²) in [4.78, 5) is 13.2. The smallest absolute Gasteiger partial charge is 0.218 e. The Hall–Kier alpha value is -0.610. The van der Waals surface area contributed by atoms with E-state index in [4.69, 9.17) is 5.73 Å². The number of hydrogen-bond donors (Lipinski definition) is 2. The number of primary amides is 1. The molecule has 0 aromatic heterocycles. The van der Waals surface area contributed by atoms with E-state index in [0.29, 0.717) is 18.4 Å². The number of nitrogens with two attached hydrogens (primary N) is 1. The number of carbonyl (C=O) groups is 1. The van der Waals surface area contributed by atoms with Gasteiger partial charge in [-0.1, -0.05) is 13.8 Å². The van der Waals surface area contributed by atoms with Crippen molar-refractivity contribution in [3.63, 3.8) is 0 Å². The van der Waals surface area contributed by atoms with E-state index in [-0.39, 0.29) is 5.91 Å². The van der Waals surface area contributed by atoms with E-state index >= 15 is 0 Å². The third kappa shape index (κ3) is 5.47. The summed E-state index contributed by atoms with van der Waals surface area (Å²) in [5, 5.41) is 3.49. The molecule has 0 aromatic carbocycles. The van der Waals surface area contributed by atoms with Crippen LogP contribution in [0.5, 0.6) is 0 Å². The molecule has 0 aromatic rings. The third-order valence-corrected chi connectivity index (χ3v) is 2.94. The molecule has 0 radical (unpaired) electrons. The number of carbonyl (C=O) groups excluding carboxylic acids is 1. The fourth-order valence-corrected chi connectivity index (χ4v) is 2.27. The van der Waals surface area contributed by atoms with Crippen LogP contribution in [0.2, 0.25) is 0 Å². The van der Waals surface area contributed by atoms with Gasteiger partial charge in [-0.2, -0.15) is 0 Å². The number of nitrogens with zero attached hydrogens (tertiary/aromatic N) is 1. The Balaban J connectivity index is 2.32. The monoisotopic (exact) mass is 227 g/mol. The van der Waals surface area contributed by atoms with Gasteiger partial charge in [0.1, 0.15) is 0 Å². The number of amides is 1. The molecule has 0 saturated carbocycles. The van der Waals surface area contributed by atoms with Crippen LogP contribution in [0, 0.1) is 5.92 Å². The normalized spacial score (nSPS) is 20.9. The van der Waals surface area contributed by atoms with Crippen molar-refractivity contribution in [3.8, 4) is 0 Å². The average Bonchev–Trinajstić information content (AvgIpc) is 2.66. The fraction of sp³-hybridized carbons (Fsp3) is 0.917. The van der Waals surface area contributed by atoms with E-state index in [9.17, 15) is 4.79 Å². The van der Waals surface area contributed by atoms with E-state index in [0.717, 1.165) is 26.2 Å². The van der Waals surface area contributed by atoms with Crippen LogP contribution in [0.4, 0.5) is 0 Å². The van der Waals surface area contributed by atoms with Crippen LogP contribution in [-0.2, 0) is 4.79 Å². The minimum Gasteiger partial charge on any atom is -0.370 e. The molecule has 1 rings (SSSR count). The molecule has 94 valence electrons. The number of rotatable bonds is 7. The Labute approximate surface area is 98.6 Å². The molecule has 1 heterocycles. The molecule has 4 nitrogen and oxygen atoms in total. The summed E-state index contributed by atoms with van der Waals surface area (Å²) in [6, 6.07) is 0.603. The lowest BCUT2D eigenvalue weighted by Gasteiger charge is -2.26. The maximum atomic E-state index is 10.8. The highest BCUT2D eigenvalue weighted by Crippen LogP contribution is 2.09. The standard InChI is InChI=1S/C12H25N3O/c1-10(2)8-15(7-5-12(13)16)9-11-4-3-6-14-11/h10-11,14H,3-9H2,1-2H3,(H2,13,16). The van der Waals surface area contributed by atoms with Crippen molar-refractivity contribution < 1.29 is 4.79 Å². The molecular formula is C12H25N3O. The number of hydrogen-bond acceptors (Lipinski definition) is 3. The van der Waals surface area contributed by atoms with E-state index in [1.807, 2.05) is 0 Å². The lowest BCUT2D eigenvalue weighted by molar-refractivity contribution is -0.118. The molecule has 1 aliphatic heterocycles. The van der Waals surface area contributed by atoms with Crippen molar-refractivity contribution in [3.05, 3.63) is 0 Å². The first-order valence-corrected chi connectivity index (χ1v) is 6.32. The van der Waals surface area contributed by atoms with Gasteiger partial charge in [-0.3, -0.25) is 4.79 Å². The molecule has 16 heavy (non-hydrogen) atoms. The van der Waals surface area contributed by atoms with Gasteiger partial charge >= 0.3 is 0 Å². The van der Waals surface area contributed by atoms with Crippen molar-refractivity contribution in [1.82, 2.24) is 10.2 Å². The van der Waals surface area contributed by atoms with E-state index in [1.165, 1.54) is 12.8 Å². The molecule has 1 fully saturated rings. The Bertz CT molecular complexity index is 212. The molecule has 0 spiro atoms. The van der Waals surface area contributed by atoms with Crippen LogP contribution >= 0.6 is 0 Å². The van der Waals surface area contributed by atoms with Crippen LogP contribution < -0.4 is 11.1 Å². The van der Waals surface area contributed by atoms with Crippen molar-refractivity contribution in [2.45, 2.75) is 39.2 Å². The summed E-state index contributed by atoms with van der Waals surface area (Å²) in [6.07, 6.45) is 3.00. The Morgan fingerprint density at radius 2 is 2.31 bits per heavy atom. The van der Waals surface area contributed by atoms with Gasteiger partial charge in [0.15, 0.2) is 0 Å². The molecule has 0 aliphatic carbocycles. The largest absolute Gasteiger partial charge is 0.370 e. The van der Waals surface area contributed by atoms with Gasteiger partial charge in [0, 0.05) is 32.1 Å². The SMILES string of the molecule is CC(C)CN(CCC(N)=O)CC1CCCN1. The van der Waals surface area contributed by atoms with Gasteiger partial charge in [0.25, 0.3) is 0 Å². The van der Waals surface area contributed by atoms with Gasteiger partial charge in [-0.25, -0.2) is 0 Å². The topological polar surface area (TPSA) is 58.4 Å². The summed E-state index contributed by atoms with van der Waals surface area (Å²) < 4.78 is 0. The minimum atomic E-state index is -0.201. The molecule has 4 heteroatoms. The molecule has 1 saturated heterocycles. The quantitative estimate of drug-likeness (QED) is 0.668. The van der Waals surface area contributed by atoms with Crippen LogP contribution in [0.15, 0.2) is 0 Å². The predicted octanol–water partition coefficient (Wildman–Crippen LogP) is 0.572. The third-order valence-electron chi connectivity index (χ3n) is 2.94. The maximum Gasteiger partial charge on any atom is 0.218 e. The highest BCUT2D eigenvalue weighted by Gasteiger charge is 2.18. The Kier molecular flexibility index (Phi) is 5.77. The van der Waals surface area contributed by atoms with Crippen molar-refractivity contribution in [2.24, 2.45) is 11.7 Å². The Morgan fingerprint density at radius 3 is 2.81 bits per heavy atom. The number of nitrogens with one attached hydrogen (secondary N) is 1. The molecule has 1 unspecified atom stereocenters. The van der Waals surface area contributed by atoms with Gasteiger partial charge in [-0.15, -0.1) is 0 Å². The van der Waals surface area contributed by atoms with Crippen molar-refractivity contribution in [1.29, 1.82) is 0 Å². The van der Waals surface area contributed by atoms with Crippen LogP contribution in [-0.4, -0.2) is 43.0 Å². The van der Waals surface area contributed by atoms with Crippen molar-refractivity contribution >= 4 is 5.91 Å². The van der Waals surface area contributed by atoms with E-state index in [1.54, 1.807) is 0 Å². The van der Waals surface area contributed by atoms with E-state index in [2.05, 4.69) is 24.1 Å². The first kappa shape index (κ1) is 13.5. The zero-order valence-electron chi connectivity index (χ0n) is 10.5. The summed E-state index contributed by atoms with van der Waals surface area (Å²) in [5.41, 5.74) is 5.20. The molecular weight excluding hydrogens is 202 g/mol. The van der Waals surface area contributed by atoms with Crippen LogP contribution in [0.25, 0.3) is 0 Å². The summed E-state index contributed by atoms with van der Waals surface area (Å²) in [7, 11) is 0. The molecule has 1 amide bonds. The molecule has 1 atom stereocenters. The van der Waals surface area contributed by atoms with Crippen molar-refractivity contribution in [2.75, 3.05) is 26.2 Å². The zero-order valence-corrected chi connectivity index (χ0v) is 10.5. The van der Waals surface area contributed by atoms with Gasteiger partial charge in [0.2, 0.25) is 5.91 Å². The Morgan fingerprint density at radius 1 is 1.56 bits per heavy atom. The first-order chi connectivity index (χ1) is 7.58. The average molecular weight is 227 g/mol.